The summed E-state index contributed by atoms with van der Waals surface area (Å²) in [7, 11) is 0. The minimum absolute atomic E-state index is 0.0402. The van der Waals surface area contributed by atoms with Crippen molar-refractivity contribution in [2.45, 2.75) is 32.1 Å². The number of nitrogens with one attached hydrogen (secondary N) is 3. The van der Waals surface area contributed by atoms with Gasteiger partial charge in [-0.25, -0.2) is 0 Å². The molecule has 0 radical (unpaired) electrons. The first kappa shape index (κ1) is 21.2. The van der Waals surface area contributed by atoms with Crippen molar-refractivity contribution in [3.63, 3.8) is 0 Å². The molecule has 7 heteroatoms. The summed E-state index contributed by atoms with van der Waals surface area (Å²) in [6.07, 6.45) is 4.31. The highest BCUT2D eigenvalue weighted by Crippen LogP contribution is 2.20. The number of amides is 1. The van der Waals surface area contributed by atoms with Crippen molar-refractivity contribution in [1.82, 2.24) is 16.0 Å². The molecule has 0 fully saturated rings. The molecule has 0 atom stereocenters. The minimum atomic E-state index is -0.117. The van der Waals surface area contributed by atoms with E-state index in [2.05, 4.69) is 16.0 Å². The highest BCUT2D eigenvalue weighted by Gasteiger charge is 2.05. The van der Waals surface area contributed by atoms with Crippen molar-refractivity contribution in [2.24, 2.45) is 5.73 Å². The van der Waals surface area contributed by atoms with Crippen molar-refractivity contribution >= 4 is 5.91 Å². The molecule has 0 heterocycles. The second-order valence-corrected chi connectivity index (χ2v) is 6.09. The van der Waals surface area contributed by atoms with Crippen LogP contribution in [-0.4, -0.2) is 55.4 Å². The number of aromatic hydroxyl groups is 2. The quantitative estimate of drug-likeness (QED) is 0.271. The number of nitrogens with two attached hydrogens (primary N) is 1. The van der Waals surface area contributed by atoms with E-state index in [9.17, 15) is 15.0 Å². The zero-order valence-corrected chi connectivity index (χ0v) is 14.9. The van der Waals surface area contributed by atoms with E-state index in [0.29, 0.717) is 12.1 Å². The van der Waals surface area contributed by atoms with Crippen LogP contribution < -0.4 is 21.7 Å². The van der Waals surface area contributed by atoms with Crippen LogP contribution in [0.15, 0.2) is 18.2 Å². The van der Waals surface area contributed by atoms with Gasteiger partial charge in [-0.3, -0.25) is 4.79 Å². The van der Waals surface area contributed by atoms with E-state index in [1.807, 2.05) is 0 Å². The topological polar surface area (TPSA) is 120 Å². The number of phenolic OH excluding ortho intramolecular Hbond substituents is 2. The van der Waals surface area contributed by atoms with Crippen molar-refractivity contribution < 1.29 is 15.0 Å². The molecule has 25 heavy (non-hydrogen) atoms. The molecule has 1 amide bonds. The summed E-state index contributed by atoms with van der Waals surface area (Å²) in [5.41, 5.74) is 6.01. The van der Waals surface area contributed by atoms with Crippen molar-refractivity contribution in [2.75, 3.05) is 39.3 Å². The van der Waals surface area contributed by atoms with E-state index in [0.717, 1.165) is 58.4 Å². The van der Waals surface area contributed by atoms with Crippen LogP contribution in [0, 0.1) is 0 Å². The van der Waals surface area contributed by atoms with Crippen LogP contribution in [0.25, 0.3) is 0 Å². The number of hydrogen-bond donors (Lipinski definition) is 6. The Labute approximate surface area is 150 Å². The Bertz CT molecular complexity index is 477. The number of carbonyl (C=O) groups excluding carboxylic acids is 1. The van der Waals surface area contributed by atoms with Crippen LogP contribution in [0.3, 0.4) is 0 Å². The third-order valence-corrected chi connectivity index (χ3v) is 3.69. The Balaban J connectivity index is 1.94. The summed E-state index contributed by atoms with van der Waals surface area (Å²) in [6.45, 7) is 5.22. The van der Waals surface area contributed by atoms with Gasteiger partial charge in [0.15, 0.2) is 0 Å². The minimum Gasteiger partial charge on any atom is -0.508 e. The second-order valence-electron chi connectivity index (χ2n) is 6.09. The largest absolute Gasteiger partial charge is 0.508 e. The Kier molecular flexibility index (Phi) is 11.4. The fourth-order valence-corrected chi connectivity index (χ4v) is 2.42. The Morgan fingerprint density at radius 3 is 2.00 bits per heavy atom. The van der Waals surface area contributed by atoms with Gasteiger partial charge in [0.2, 0.25) is 5.91 Å². The zero-order chi connectivity index (χ0) is 18.3. The van der Waals surface area contributed by atoms with E-state index in [1.165, 1.54) is 18.2 Å². The monoisotopic (exact) mass is 352 g/mol. The summed E-state index contributed by atoms with van der Waals surface area (Å²) in [4.78, 5) is 11.8. The molecule has 0 spiro atoms. The van der Waals surface area contributed by atoms with Gasteiger partial charge >= 0.3 is 0 Å². The average molecular weight is 352 g/mol. The maximum atomic E-state index is 11.8. The number of phenols is 2. The van der Waals surface area contributed by atoms with Gasteiger partial charge in [-0.1, -0.05) is 0 Å². The van der Waals surface area contributed by atoms with E-state index in [1.54, 1.807) is 0 Å². The predicted octanol–water partition coefficient (Wildman–Crippen LogP) is 0.455. The number of benzene rings is 1. The molecule has 0 aliphatic rings. The lowest BCUT2D eigenvalue weighted by atomic mass is 10.1. The number of hydrogen-bond acceptors (Lipinski definition) is 6. The Hall–Kier alpha value is -1.83. The third kappa shape index (κ3) is 11.4. The van der Waals surface area contributed by atoms with Crippen molar-refractivity contribution in [3.05, 3.63) is 23.8 Å². The molecule has 1 aromatic carbocycles. The Morgan fingerprint density at radius 2 is 1.40 bits per heavy atom. The summed E-state index contributed by atoms with van der Waals surface area (Å²) < 4.78 is 0. The molecule has 142 valence electrons. The lowest BCUT2D eigenvalue weighted by molar-refractivity contribution is -0.120. The highest BCUT2D eigenvalue weighted by molar-refractivity contribution is 5.78. The smallest absolute Gasteiger partial charge is 0.224 e. The van der Waals surface area contributed by atoms with Gasteiger partial charge in [0.05, 0.1) is 6.42 Å². The van der Waals surface area contributed by atoms with Crippen molar-refractivity contribution in [3.8, 4) is 11.5 Å². The Morgan fingerprint density at radius 1 is 0.840 bits per heavy atom. The van der Waals surface area contributed by atoms with Gasteiger partial charge in [-0.15, -0.1) is 0 Å². The molecule has 0 aliphatic heterocycles. The van der Waals surface area contributed by atoms with E-state index >= 15 is 0 Å². The maximum absolute atomic E-state index is 11.8. The molecule has 1 rings (SSSR count). The predicted molar refractivity (Wildman–Crippen MR) is 99.7 cm³/mol. The maximum Gasteiger partial charge on any atom is 0.224 e. The molecule has 1 aromatic rings. The first-order chi connectivity index (χ1) is 12.1. The summed E-state index contributed by atoms with van der Waals surface area (Å²) in [5, 5.41) is 28.3. The molecule has 0 saturated heterocycles. The molecule has 0 bridgehead atoms. The summed E-state index contributed by atoms with van der Waals surface area (Å²) in [5.74, 6) is -0.197. The second kappa shape index (κ2) is 13.5. The molecule has 0 aliphatic carbocycles. The van der Waals surface area contributed by atoms with Gasteiger partial charge in [-0.05, 0) is 76.1 Å². The number of rotatable bonds is 14. The summed E-state index contributed by atoms with van der Waals surface area (Å²) >= 11 is 0. The molecule has 0 saturated carbocycles. The first-order valence-electron chi connectivity index (χ1n) is 9.02. The van der Waals surface area contributed by atoms with Gasteiger partial charge in [0.25, 0.3) is 0 Å². The zero-order valence-electron chi connectivity index (χ0n) is 14.9. The molecule has 0 unspecified atom stereocenters. The van der Waals surface area contributed by atoms with Crippen LogP contribution in [0.4, 0.5) is 0 Å². The van der Waals surface area contributed by atoms with Crippen LogP contribution in [0.1, 0.15) is 31.2 Å². The van der Waals surface area contributed by atoms with Crippen molar-refractivity contribution in [1.29, 1.82) is 0 Å². The fraction of sp³-hybridized carbons (Fsp3) is 0.611. The van der Waals surface area contributed by atoms with Gasteiger partial charge in [0, 0.05) is 12.6 Å². The first-order valence-corrected chi connectivity index (χ1v) is 9.02. The average Bonchev–Trinajstić information content (AvgIpc) is 2.55. The molecule has 7 nitrogen and oxygen atoms in total. The molecular formula is C18H32N4O3. The van der Waals surface area contributed by atoms with Crippen LogP contribution in [0.2, 0.25) is 0 Å². The van der Waals surface area contributed by atoms with Gasteiger partial charge in [0.1, 0.15) is 11.5 Å². The lowest BCUT2D eigenvalue weighted by Gasteiger charge is -2.08. The van der Waals surface area contributed by atoms with Crippen LogP contribution >= 0.6 is 0 Å². The summed E-state index contributed by atoms with van der Waals surface area (Å²) in [6, 6.07) is 4.20. The van der Waals surface area contributed by atoms with Gasteiger partial charge in [-0.2, -0.15) is 0 Å². The SMILES string of the molecule is NCCCNCCCCNCCCNC(=O)Cc1cc(O)cc(O)c1. The lowest BCUT2D eigenvalue weighted by Crippen LogP contribution is -2.29. The van der Waals surface area contributed by atoms with Crippen LogP contribution in [0.5, 0.6) is 11.5 Å². The van der Waals surface area contributed by atoms with E-state index < -0.39 is 0 Å². The molecule has 7 N–H and O–H groups in total. The normalized spacial score (nSPS) is 10.8. The number of unbranched alkanes of at least 4 members (excludes halogenated alkanes) is 1. The molecule has 0 aromatic heterocycles. The highest BCUT2D eigenvalue weighted by atomic mass is 16.3. The van der Waals surface area contributed by atoms with E-state index in [4.69, 9.17) is 5.73 Å². The van der Waals surface area contributed by atoms with E-state index in [-0.39, 0.29) is 23.8 Å². The third-order valence-electron chi connectivity index (χ3n) is 3.69. The fourth-order valence-electron chi connectivity index (χ4n) is 2.42. The van der Waals surface area contributed by atoms with Gasteiger partial charge < -0.3 is 31.9 Å². The van der Waals surface area contributed by atoms with Crippen LogP contribution in [-0.2, 0) is 11.2 Å². The standard InChI is InChI=1S/C18H32N4O3/c19-5-3-8-20-6-1-2-7-21-9-4-10-22-18(25)13-15-11-16(23)14-17(24)12-15/h11-12,14,20-21,23-24H,1-10,13,19H2,(H,22,25). The molecular weight excluding hydrogens is 320 g/mol. The number of carbonyl (C=O) groups is 1.